The zero-order valence-electron chi connectivity index (χ0n) is 9.66. The van der Waals surface area contributed by atoms with Crippen LogP contribution in [0.1, 0.15) is 33.6 Å². The highest BCUT2D eigenvalue weighted by molar-refractivity contribution is 6.00. The Hall–Kier alpha value is -1.06. The van der Waals surface area contributed by atoms with Crippen molar-refractivity contribution in [2.75, 3.05) is 7.11 Å². The van der Waals surface area contributed by atoms with Crippen molar-refractivity contribution in [2.24, 2.45) is 16.5 Å². The predicted octanol–water partition coefficient (Wildman–Crippen LogP) is 1.74. The van der Waals surface area contributed by atoms with Gasteiger partial charge in [0.2, 0.25) is 5.60 Å². The summed E-state index contributed by atoms with van der Waals surface area (Å²) in [6, 6.07) is 0. The third-order valence-corrected chi connectivity index (χ3v) is 3.30. The van der Waals surface area contributed by atoms with Crippen molar-refractivity contribution >= 4 is 11.7 Å². The number of nitrogens with zero attached hydrogens (tertiary/aromatic N) is 1. The van der Waals surface area contributed by atoms with Crippen molar-refractivity contribution in [3.63, 3.8) is 0 Å². The number of fused-ring (bicyclic) bond motifs is 1. The molecule has 4 nitrogen and oxygen atoms in total. The predicted molar refractivity (Wildman–Crippen MR) is 55.4 cm³/mol. The van der Waals surface area contributed by atoms with Crippen molar-refractivity contribution < 1.29 is 14.4 Å². The molecular weight excluding hydrogens is 194 g/mol. The van der Waals surface area contributed by atoms with E-state index in [4.69, 9.17) is 9.57 Å². The molecule has 0 radical (unpaired) electrons. The van der Waals surface area contributed by atoms with Gasteiger partial charge in [0.1, 0.15) is 0 Å². The maximum absolute atomic E-state index is 11.6. The Bertz CT molecular complexity index is 329. The average molecular weight is 211 g/mol. The molecule has 2 rings (SSSR count). The summed E-state index contributed by atoms with van der Waals surface area (Å²) in [6.45, 7) is 6.25. The molecule has 0 bridgehead atoms. The Balaban J connectivity index is 2.23. The van der Waals surface area contributed by atoms with Crippen LogP contribution in [0.3, 0.4) is 0 Å². The van der Waals surface area contributed by atoms with E-state index in [0.717, 1.165) is 12.1 Å². The molecule has 0 spiro atoms. The molecule has 84 valence electrons. The minimum absolute atomic E-state index is 0.0408. The summed E-state index contributed by atoms with van der Waals surface area (Å²) >= 11 is 0. The van der Waals surface area contributed by atoms with Gasteiger partial charge in [0.15, 0.2) is 0 Å². The summed E-state index contributed by atoms with van der Waals surface area (Å²) in [7, 11) is 1.39. The first-order valence-electron chi connectivity index (χ1n) is 5.27. The third kappa shape index (κ3) is 1.27. The van der Waals surface area contributed by atoms with Gasteiger partial charge >= 0.3 is 5.97 Å². The number of oxime groups is 1. The van der Waals surface area contributed by atoms with Gasteiger partial charge in [-0.15, -0.1) is 0 Å². The second-order valence-electron chi connectivity index (χ2n) is 5.29. The molecule has 1 heterocycles. The van der Waals surface area contributed by atoms with Gasteiger partial charge in [-0.2, -0.15) is 0 Å². The first kappa shape index (κ1) is 10.5. The number of hydrogen-bond acceptors (Lipinski definition) is 4. The zero-order valence-corrected chi connectivity index (χ0v) is 9.66. The summed E-state index contributed by atoms with van der Waals surface area (Å²) in [4.78, 5) is 17.0. The van der Waals surface area contributed by atoms with E-state index in [1.165, 1.54) is 7.11 Å². The summed E-state index contributed by atoms with van der Waals surface area (Å²) in [5.41, 5.74) is 0.150. The summed E-state index contributed by atoms with van der Waals surface area (Å²) in [5.74, 6) is -0.174. The standard InChI is InChI=1S/C11H17NO3/c1-10(2,3)8-7-5-6-11(7,15-12-8)9(13)14-4/h7H,5-6H2,1-4H3. The summed E-state index contributed by atoms with van der Waals surface area (Å²) < 4.78 is 4.78. The Kier molecular flexibility index (Phi) is 2.07. The third-order valence-electron chi connectivity index (χ3n) is 3.30. The topological polar surface area (TPSA) is 47.9 Å². The minimum atomic E-state index is -0.794. The zero-order chi connectivity index (χ0) is 11.3. The van der Waals surface area contributed by atoms with Crippen molar-refractivity contribution in [3.8, 4) is 0 Å². The van der Waals surface area contributed by atoms with E-state index in [-0.39, 0.29) is 17.3 Å². The number of ether oxygens (including phenoxy) is 1. The molecule has 0 N–H and O–H groups in total. The Morgan fingerprint density at radius 3 is 2.67 bits per heavy atom. The Labute approximate surface area is 89.6 Å². The van der Waals surface area contributed by atoms with E-state index < -0.39 is 5.60 Å². The van der Waals surface area contributed by atoms with Gasteiger partial charge in [0.25, 0.3) is 0 Å². The smallest absolute Gasteiger partial charge is 0.353 e. The van der Waals surface area contributed by atoms with E-state index in [9.17, 15) is 4.79 Å². The van der Waals surface area contributed by atoms with Crippen LogP contribution in [0.4, 0.5) is 0 Å². The molecule has 0 amide bonds. The maximum atomic E-state index is 11.6. The van der Waals surface area contributed by atoms with Crippen LogP contribution in [0.15, 0.2) is 5.16 Å². The molecule has 1 aliphatic carbocycles. The highest BCUT2D eigenvalue weighted by Gasteiger charge is 2.63. The molecule has 2 aliphatic rings. The number of methoxy groups -OCH3 is 1. The van der Waals surface area contributed by atoms with Crippen LogP contribution in [-0.2, 0) is 14.4 Å². The molecule has 2 unspecified atom stereocenters. The van der Waals surface area contributed by atoms with E-state index >= 15 is 0 Å². The molecule has 1 saturated carbocycles. The second-order valence-corrected chi connectivity index (χ2v) is 5.29. The van der Waals surface area contributed by atoms with Gasteiger partial charge in [-0.3, -0.25) is 0 Å². The second kappa shape index (κ2) is 2.97. The van der Waals surface area contributed by atoms with Gasteiger partial charge in [0, 0.05) is 11.8 Å². The van der Waals surface area contributed by atoms with Crippen LogP contribution in [0.5, 0.6) is 0 Å². The fourth-order valence-corrected chi connectivity index (χ4v) is 2.33. The molecule has 0 aromatic carbocycles. The van der Waals surface area contributed by atoms with Crippen molar-refractivity contribution in [2.45, 2.75) is 39.2 Å². The molecular formula is C11H17NO3. The Morgan fingerprint density at radius 2 is 2.27 bits per heavy atom. The Morgan fingerprint density at radius 1 is 1.60 bits per heavy atom. The minimum Gasteiger partial charge on any atom is -0.466 e. The highest BCUT2D eigenvalue weighted by Crippen LogP contribution is 2.50. The number of carbonyl (C=O) groups is 1. The fraction of sp³-hybridized carbons (Fsp3) is 0.818. The number of rotatable bonds is 1. The number of hydrogen-bond donors (Lipinski definition) is 0. The molecule has 1 fully saturated rings. The van der Waals surface area contributed by atoms with Crippen molar-refractivity contribution in [1.82, 2.24) is 0 Å². The van der Waals surface area contributed by atoms with Crippen LogP contribution >= 0.6 is 0 Å². The van der Waals surface area contributed by atoms with Gasteiger partial charge in [0.05, 0.1) is 18.7 Å². The lowest BCUT2D eigenvalue weighted by atomic mass is 9.63. The SMILES string of the molecule is COC(=O)C12CCC1C(C(C)(C)C)=NO2. The maximum Gasteiger partial charge on any atom is 0.353 e. The summed E-state index contributed by atoms with van der Waals surface area (Å²) in [5, 5.41) is 4.09. The van der Waals surface area contributed by atoms with E-state index in [1.54, 1.807) is 0 Å². The highest BCUT2D eigenvalue weighted by atomic mass is 16.7. The van der Waals surface area contributed by atoms with Gasteiger partial charge in [-0.1, -0.05) is 25.9 Å². The van der Waals surface area contributed by atoms with Crippen LogP contribution in [-0.4, -0.2) is 24.4 Å². The van der Waals surface area contributed by atoms with Crippen molar-refractivity contribution in [1.29, 1.82) is 0 Å². The first-order chi connectivity index (χ1) is 6.92. The molecule has 15 heavy (non-hydrogen) atoms. The lowest BCUT2D eigenvalue weighted by molar-refractivity contribution is -0.183. The first-order valence-corrected chi connectivity index (χ1v) is 5.27. The largest absolute Gasteiger partial charge is 0.466 e. The van der Waals surface area contributed by atoms with Crippen molar-refractivity contribution in [3.05, 3.63) is 0 Å². The number of carbonyl (C=O) groups excluding carboxylic acids is 1. The van der Waals surface area contributed by atoms with Crippen LogP contribution < -0.4 is 0 Å². The lowest BCUT2D eigenvalue weighted by Gasteiger charge is -2.40. The molecule has 0 aromatic rings. The van der Waals surface area contributed by atoms with E-state index in [1.807, 2.05) is 0 Å². The molecule has 0 saturated heterocycles. The summed E-state index contributed by atoms with van der Waals surface area (Å²) in [6.07, 6.45) is 1.68. The fourth-order valence-electron chi connectivity index (χ4n) is 2.33. The van der Waals surface area contributed by atoms with Gasteiger partial charge < -0.3 is 9.57 Å². The quantitative estimate of drug-likeness (QED) is 0.621. The normalized spacial score (nSPS) is 33.6. The average Bonchev–Trinajstić information content (AvgIpc) is 2.37. The van der Waals surface area contributed by atoms with E-state index in [2.05, 4.69) is 25.9 Å². The number of esters is 1. The van der Waals surface area contributed by atoms with Crippen LogP contribution in [0, 0.1) is 11.3 Å². The molecule has 0 aromatic heterocycles. The van der Waals surface area contributed by atoms with E-state index in [0.29, 0.717) is 6.42 Å². The monoisotopic (exact) mass is 211 g/mol. The van der Waals surface area contributed by atoms with Crippen LogP contribution in [0.2, 0.25) is 0 Å². The molecule has 1 aliphatic heterocycles. The molecule has 4 heteroatoms. The lowest BCUT2D eigenvalue weighted by Crippen LogP contribution is -2.56. The van der Waals surface area contributed by atoms with Gasteiger partial charge in [-0.05, 0) is 6.42 Å². The van der Waals surface area contributed by atoms with Crippen LogP contribution in [0.25, 0.3) is 0 Å². The molecule has 2 atom stereocenters. The van der Waals surface area contributed by atoms with Gasteiger partial charge in [-0.25, -0.2) is 4.79 Å².